The third kappa shape index (κ3) is 4.59. The number of carbonyl (C=O) groups is 1. The van der Waals surface area contributed by atoms with Crippen LogP contribution in [0.25, 0.3) is 6.08 Å². The van der Waals surface area contributed by atoms with Crippen molar-refractivity contribution in [1.82, 2.24) is 4.90 Å². The van der Waals surface area contributed by atoms with Crippen molar-refractivity contribution in [2.75, 3.05) is 38.2 Å². The fourth-order valence-electron chi connectivity index (χ4n) is 4.65. The van der Waals surface area contributed by atoms with Crippen molar-refractivity contribution in [2.24, 2.45) is 0 Å². The monoisotopic (exact) mass is 490 g/mol. The average Bonchev–Trinajstić information content (AvgIpc) is 3.20. The van der Waals surface area contributed by atoms with Crippen molar-refractivity contribution in [3.05, 3.63) is 87.6 Å². The van der Waals surface area contributed by atoms with Crippen LogP contribution in [0, 0.1) is 6.92 Å². The number of methoxy groups -OCH3 is 1. The molecule has 7 heteroatoms. The Morgan fingerprint density at radius 2 is 1.80 bits per heavy atom. The summed E-state index contributed by atoms with van der Waals surface area (Å²) in [5, 5.41) is 11.3. The van der Waals surface area contributed by atoms with E-state index in [1.54, 1.807) is 25.3 Å². The maximum absolute atomic E-state index is 13.2. The Morgan fingerprint density at radius 1 is 1.09 bits per heavy atom. The van der Waals surface area contributed by atoms with E-state index in [2.05, 4.69) is 21.9 Å². The summed E-state index contributed by atoms with van der Waals surface area (Å²) in [6.07, 6.45) is 1.67. The number of carbonyl (C=O) groups excluding carboxylic acids is 1. The first-order valence-corrected chi connectivity index (χ1v) is 12.0. The average molecular weight is 491 g/mol. The van der Waals surface area contributed by atoms with Gasteiger partial charge in [-0.1, -0.05) is 29.8 Å². The van der Waals surface area contributed by atoms with Crippen LogP contribution in [0.4, 0.5) is 5.69 Å². The van der Waals surface area contributed by atoms with Crippen molar-refractivity contribution < 1.29 is 19.4 Å². The molecule has 3 aromatic rings. The molecule has 35 heavy (non-hydrogen) atoms. The normalized spacial score (nSPS) is 16.9. The van der Waals surface area contributed by atoms with Crippen molar-refractivity contribution in [3.8, 4) is 17.2 Å². The number of nitrogens with zero attached hydrogens (tertiary/aromatic N) is 2. The van der Waals surface area contributed by atoms with Crippen LogP contribution in [-0.2, 0) is 6.54 Å². The zero-order chi connectivity index (χ0) is 24.5. The minimum Gasteiger partial charge on any atom is -0.507 e. The number of hydrogen-bond acceptors (Lipinski definition) is 6. The zero-order valence-corrected chi connectivity index (χ0v) is 20.5. The van der Waals surface area contributed by atoms with Gasteiger partial charge in [0.05, 0.1) is 18.2 Å². The van der Waals surface area contributed by atoms with Crippen LogP contribution >= 0.6 is 11.6 Å². The van der Waals surface area contributed by atoms with Gasteiger partial charge < -0.3 is 19.5 Å². The van der Waals surface area contributed by atoms with Gasteiger partial charge in [-0.15, -0.1) is 0 Å². The lowest BCUT2D eigenvalue weighted by Crippen LogP contribution is -2.46. The summed E-state index contributed by atoms with van der Waals surface area (Å²) < 4.78 is 11.3. The molecule has 5 rings (SSSR count). The van der Waals surface area contributed by atoms with Gasteiger partial charge in [-0.3, -0.25) is 9.69 Å². The smallest absolute Gasteiger partial charge is 0.232 e. The number of hydrogen-bond donors (Lipinski definition) is 1. The highest BCUT2D eigenvalue weighted by Gasteiger charge is 2.34. The Labute approximate surface area is 209 Å². The number of aromatic hydroxyl groups is 1. The molecule has 0 spiro atoms. The van der Waals surface area contributed by atoms with E-state index in [1.807, 2.05) is 37.3 Å². The predicted octanol–water partition coefficient (Wildman–Crippen LogP) is 5.30. The van der Waals surface area contributed by atoms with Gasteiger partial charge in [0.25, 0.3) is 0 Å². The molecule has 0 bridgehead atoms. The van der Waals surface area contributed by atoms with Crippen LogP contribution < -0.4 is 14.4 Å². The highest BCUT2D eigenvalue weighted by molar-refractivity contribution is 6.32. The number of aryl methyl sites for hydroxylation is 1. The zero-order valence-electron chi connectivity index (χ0n) is 19.8. The second-order valence-electron chi connectivity index (χ2n) is 8.82. The summed E-state index contributed by atoms with van der Waals surface area (Å²) in [5.74, 6) is 1.46. The second kappa shape index (κ2) is 9.64. The van der Waals surface area contributed by atoms with E-state index in [4.69, 9.17) is 21.1 Å². The molecule has 0 aliphatic carbocycles. The Hall–Kier alpha value is -3.48. The van der Waals surface area contributed by atoms with Crippen LogP contribution in [-0.4, -0.2) is 49.1 Å². The first-order valence-electron chi connectivity index (χ1n) is 11.6. The van der Waals surface area contributed by atoms with E-state index in [0.29, 0.717) is 39.6 Å². The number of Topliss-reactive ketones (excluding diaryl/α,β-unsaturated/α-hetero) is 1. The number of ketones is 1. The van der Waals surface area contributed by atoms with Crippen molar-refractivity contribution in [3.63, 3.8) is 0 Å². The molecule has 180 valence electrons. The number of ether oxygens (including phenoxy) is 2. The molecule has 6 nitrogen and oxygen atoms in total. The number of anilines is 1. The lowest BCUT2D eigenvalue weighted by atomic mass is 9.99. The minimum absolute atomic E-state index is 0.144. The molecule has 0 radical (unpaired) electrons. The molecule has 1 fully saturated rings. The maximum Gasteiger partial charge on any atom is 0.232 e. The summed E-state index contributed by atoms with van der Waals surface area (Å²) in [7, 11) is 1.66. The number of halogens is 1. The molecule has 0 saturated carbocycles. The van der Waals surface area contributed by atoms with Crippen LogP contribution in [0.2, 0.25) is 5.02 Å². The minimum atomic E-state index is -0.192. The SMILES string of the molecule is COc1ccc(N2CCN(Cc3c(O)cc(C)c4c3O/C(=C\c3ccccc3Cl)C4=O)CC2)cc1. The van der Waals surface area contributed by atoms with Gasteiger partial charge in [0.2, 0.25) is 5.78 Å². The standard InChI is InChI=1S/C28H27ClN2O4/c1-18-15-24(32)22(17-30-11-13-31(14-12-30)20-7-9-21(34-2)10-8-20)28-26(18)27(33)25(35-28)16-19-5-3-4-6-23(19)29/h3-10,15-16,32H,11-14,17H2,1-2H3/b25-16-. The largest absolute Gasteiger partial charge is 0.507 e. The van der Waals surface area contributed by atoms with Gasteiger partial charge in [0, 0.05) is 43.4 Å². The third-order valence-corrected chi connectivity index (χ3v) is 6.95. The van der Waals surface area contributed by atoms with Crippen LogP contribution in [0.1, 0.15) is 27.0 Å². The van der Waals surface area contributed by atoms with E-state index in [9.17, 15) is 9.90 Å². The number of fused-ring (bicyclic) bond motifs is 1. The molecule has 2 heterocycles. The molecule has 0 amide bonds. The molecule has 2 aliphatic heterocycles. The number of allylic oxidation sites excluding steroid dienone is 1. The molecule has 0 aromatic heterocycles. The van der Waals surface area contributed by atoms with Crippen LogP contribution in [0.5, 0.6) is 17.2 Å². The lowest BCUT2D eigenvalue weighted by Gasteiger charge is -2.36. The van der Waals surface area contributed by atoms with Gasteiger partial charge in [-0.05, 0) is 60.5 Å². The highest BCUT2D eigenvalue weighted by Crippen LogP contribution is 2.42. The van der Waals surface area contributed by atoms with Gasteiger partial charge in [-0.2, -0.15) is 0 Å². The summed E-state index contributed by atoms with van der Waals surface area (Å²) in [6.45, 7) is 5.68. The van der Waals surface area contributed by atoms with Gasteiger partial charge in [-0.25, -0.2) is 0 Å². The fourth-order valence-corrected chi connectivity index (χ4v) is 4.84. The number of piperazine rings is 1. The molecule has 1 N–H and O–H groups in total. The van der Waals surface area contributed by atoms with E-state index in [1.165, 1.54) is 0 Å². The van der Waals surface area contributed by atoms with E-state index >= 15 is 0 Å². The fraction of sp³-hybridized carbons (Fsp3) is 0.250. The maximum atomic E-state index is 13.2. The number of phenolic OH excluding ortho intramolecular Hbond substituents is 1. The molecular weight excluding hydrogens is 464 g/mol. The van der Waals surface area contributed by atoms with Gasteiger partial charge in [0.1, 0.15) is 17.2 Å². The van der Waals surface area contributed by atoms with Crippen molar-refractivity contribution >= 4 is 29.1 Å². The first kappa shape index (κ1) is 23.3. The number of phenols is 1. The van der Waals surface area contributed by atoms with Gasteiger partial charge >= 0.3 is 0 Å². The highest BCUT2D eigenvalue weighted by atomic mass is 35.5. The second-order valence-corrected chi connectivity index (χ2v) is 9.22. The summed E-state index contributed by atoms with van der Waals surface area (Å²) in [6, 6.07) is 17.0. The molecule has 0 atom stereocenters. The molecule has 0 unspecified atom stereocenters. The number of rotatable bonds is 5. The third-order valence-electron chi connectivity index (χ3n) is 6.60. The van der Waals surface area contributed by atoms with Gasteiger partial charge in [0.15, 0.2) is 5.76 Å². The van der Waals surface area contributed by atoms with Crippen LogP contribution in [0.15, 0.2) is 60.4 Å². The topological polar surface area (TPSA) is 62.2 Å². The predicted molar refractivity (Wildman–Crippen MR) is 138 cm³/mol. The lowest BCUT2D eigenvalue weighted by molar-refractivity contribution is 0.101. The Bertz CT molecular complexity index is 1300. The van der Waals surface area contributed by atoms with E-state index < -0.39 is 0 Å². The van der Waals surface area contributed by atoms with E-state index in [-0.39, 0.29) is 17.3 Å². The summed E-state index contributed by atoms with van der Waals surface area (Å²) >= 11 is 6.28. The van der Waals surface area contributed by atoms with Crippen molar-refractivity contribution in [1.29, 1.82) is 0 Å². The number of benzene rings is 3. The Kier molecular flexibility index (Phi) is 6.41. The molecule has 1 saturated heterocycles. The molecule has 2 aliphatic rings. The van der Waals surface area contributed by atoms with Crippen LogP contribution in [0.3, 0.4) is 0 Å². The summed E-state index contributed by atoms with van der Waals surface area (Å²) in [4.78, 5) is 17.8. The van der Waals surface area contributed by atoms with Crippen molar-refractivity contribution in [2.45, 2.75) is 13.5 Å². The molecular formula is C28H27ClN2O4. The Balaban J connectivity index is 1.34. The molecule has 3 aromatic carbocycles. The quantitative estimate of drug-likeness (QED) is 0.490. The van der Waals surface area contributed by atoms with E-state index in [0.717, 1.165) is 37.6 Å². The summed E-state index contributed by atoms with van der Waals surface area (Å²) in [5.41, 5.74) is 3.71. The Morgan fingerprint density at radius 3 is 2.49 bits per heavy atom. The first-order chi connectivity index (χ1) is 16.9.